The number of halogens is 3. The van der Waals surface area contributed by atoms with Crippen molar-refractivity contribution in [1.29, 1.82) is 0 Å². The first-order chi connectivity index (χ1) is 17.4. The standard InChI is InChI=1S/C24H21BrCl2N4O6/c25-13-4-2-12(3-5-13)11-24-6-1-7-30(24)23(37)31(22(24)36)14-8-15(26)19(16(27)9-14)20(33)29-17(21(34)35)10-18(28)32/h2-5,8-9,17H,1,6-7,10-11H2,(H2,28,32)(H,29,33)(H,34,35). The highest BCUT2D eigenvalue weighted by molar-refractivity contribution is 9.10. The Morgan fingerprint density at radius 1 is 1.14 bits per heavy atom. The van der Waals surface area contributed by atoms with Gasteiger partial charge in [-0.25, -0.2) is 14.5 Å². The highest BCUT2D eigenvalue weighted by Gasteiger charge is 2.59. The molecule has 10 nitrogen and oxygen atoms in total. The van der Waals surface area contributed by atoms with E-state index in [2.05, 4.69) is 21.2 Å². The molecular weight excluding hydrogens is 591 g/mol. The number of primary amides is 1. The van der Waals surface area contributed by atoms with Crippen molar-refractivity contribution >= 4 is 74.5 Å². The van der Waals surface area contributed by atoms with Crippen LogP contribution in [0.2, 0.25) is 10.0 Å². The summed E-state index contributed by atoms with van der Waals surface area (Å²) in [6.45, 7) is 0.413. The molecule has 0 radical (unpaired) electrons. The summed E-state index contributed by atoms with van der Waals surface area (Å²) in [5.74, 6) is -3.78. The highest BCUT2D eigenvalue weighted by atomic mass is 79.9. The molecule has 13 heteroatoms. The Labute approximate surface area is 229 Å². The molecule has 0 bridgehead atoms. The number of carboxylic acid groups (broad SMARTS) is 1. The zero-order valence-corrected chi connectivity index (χ0v) is 22.3. The van der Waals surface area contributed by atoms with Gasteiger partial charge >= 0.3 is 12.0 Å². The van der Waals surface area contributed by atoms with E-state index in [0.717, 1.165) is 14.9 Å². The molecule has 2 saturated heterocycles. The third-order valence-electron chi connectivity index (χ3n) is 6.44. The number of nitrogens with one attached hydrogen (secondary N) is 1. The molecule has 0 spiro atoms. The summed E-state index contributed by atoms with van der Waals surface area (Å²) >= 11 is 16.0. The lowest BCUT2D eigenvalue weighted by Crippen LogP contribution is -2.47. The van der Waals surface area contributed by atoms with Gasteiger partial charge in [-0.05, 0) is 42.7 Å². The fourth-order valence-corrected chi connectivity index (χ4v) is 5.67. The molecule has 5 amide bonds. The lowest BCUT2D eigenvalue weighted by molar-refractivity contribution is -0.141. The van der Waals surface area contributed by atoms with Gasteiger partial charge in [-0.15, -0.1) is 0 Å². The summed E-state index contributed by atoms with van der Waals surface area (Å²) in [5.41, 5.74) is 4.70. The highest BCUT2D eigenvalue weighted by Crippen LogP contribution is 2.43. The minimum atomic E-state index is -1.59. The van der Waals surface area contributed by atoms with Crippen LogP contribution in [0.5, 0.6) is 0 Å². The number of imide groups is 1. The van der Waals surface area contributed by atoms with E-state index >= 15 is 0 Å². The van der Waals surface area contributed by atoms with Crippen molar-refractivity contribution in [2.45, 2.75) is 37.3 Å². The maximum atomic E-state index is 13.7. The number of hydrogen-bond acceptors (Lipinski definition) is 5. The summed E-state index contributed by atoms with van der Waals surface area (Å²) in [7, 11) is 0. The van der Waals surface area contributed by atoms with Crippen molar-refractivity contribution in [1.82, 2.24) is 10.2 Å². The van der Waals surface area contributed by atoms with Crippen LogP contribution in [0.15, 0.2) is 40.9 Å². The van der Waals surface area contributed by atoms with E-state index in [4.69, 9.17) is 28.9 Å². The number of amides is 5. The van der Waals surface area contributed by atoms with Crippen LogP contribution in [0, 0.1) is 0 Å². The molecule has 2 aromatic carbocycles. The maximum absolute atomic E-state index is 13.7. The minimum absolute atomic E-state index is 0.0815. The first kappa shape index (κ1) is 26.9. The fraction of sp³-hybridized carbons (Fsp3) is 0.292. The quantitative estimate of drug-likeness (QED) is 0.390. The molecule has 0 aliphatic carbocycles. The van der Waals surface area contributed by atoms with Crippen LogP contribution in [-0.2, 0) is 20.8 Å². The van der Waals surface area contributed by atoms with Gasteiger partial charge in [0.2, 0.25) is 5.91 Å². The van der Waals surface area contributed by atoms with Crippen molar-refractivity contribution < 1.29 is 29.1 Å². The lowest BCUT2D eigenvalue weighted by atomic mass is 9.88. The summed E-state index contributed by atoms with van der Waals surface area (Å²) in [6.07, 6.45) is 0.863. The van der Waals surface area contributed by atoms with Crippen LogP contribution in [0.3, 0.4) is 0 Å². The predicted molar refractivity (Wildman–Crippen MR) is 139 cm³/mol. The number of nitrogens with two attached hydrogens (primary N) is 1. The molecule has 2 fully saturated rings. The molecule has 2 aliphatic heterocycles. The van der Waals surface area contributed by atoms with E-state index in [1.54, 1.807) is 4.90 Å². The van der Waals surface area contributed by atoms with Gasteiger partial charge in [0.25, 0.3) is 11.8 Å². The zero-order chi connectivity index (χ0) is 27.1. The van der Waals surface area contributed by atoms with E-state index in [1.165, 1.54) is 12.1 Å². The monoisotopic (exact) mass is 610 g/mol. The largest absolute Gasteiger partial charge is 0.480 e. The Morgan fingerprint density at radius 2 is 1.76 bits per heavy atom. The molecule has 0 saturated carbocycles. The summed E-state index contributed by atoms with van der Waals surface area (Å²) in [5, 5.41) is 11.0. The first-order valence-corrected chi connectivity index (χ1v) is 12.7. The Hall–Kier alpha value is -3.15. The average molecular weight is 612 g/mol. The van der Waals surface area contributed by atoms with Gasteiger partial charge in [0.1, 0.15) is 11.6 Å². The second kappa shape index (κ2) is 10.3. The molecule has 0 aromatic heterocycles. The average Bonchev–Trinajstić information content (AvgIpc) is 3.31. The van der Waals surface area contributed by atoms with Gasteiger partial charge in [-0.3, -0.25) is 14.4 Å². The number of nitrogens with zero attached hydrogens (tertiary/aromatic N) is 2. The van der Waals surface area contributed by atoms with Crippen LogP contribution < -0.4 is 16.0 Å². The molecule has 4 rings (SSSR count). The second-order valence-electron chi connectivity index (χ2n) is 8.83. The molecular formula is C24H21BrCl2N4O6. The maximum Gasteiger partial charge on any atom is 0.332 e. The van der Waals surface area contributed by atoms with Crippen molar-refractivity contribution in [3.05, 3.63) is 62.0 Å². The third-order valence-corrected chi connectivity index (χ3v) is 7.57. The number of benzene rings is 2. The van der Waals surface area contributed by atoms with Crippen LogP contribution in [0.1, 0.15) is 35.2 Å². The van der Waals surface area contributed by atoms with Crippen molar-refractivity contribution in [2.24, 2.45) is 5.73 Å². The number of aliphatic carboxylic acids is 1. The van der Waals surface area contributed by atoms with E-state index in [0.29, 0.717) is 25.8 Å². The lowest BCUT2D eigenvalue weighted by Gasteiger charge is -2.28. The fourth-order valence-electron chi connectivity index (χ4n) is 4.76. The number of hydrogen-bond donors (Lipinski definition) is 3. The third kappa shape index (κ3) is 5.03. The van der Waals surface area contributed by atoms with Crippen molar-refractivity contribution in [2.75, 3.05) is 11.4 Å². The van der Waals surface area contributed by atoms with Crippen LogP contribution in [-0.4, -0.2) is 57.9 Å². The number of anilines is 1. The minimum Gasteiger partial charge on any atom is -0.480 e. The summed E-state index contributed by atoms with van der Waals surface area (Å²) in [4.78, 5) is 64.9. The molecule has 2 aromatic rings. The summed E-state index contributed by atoms with van der Waals surface area (Å²) < 4.78 is 0.894. The number of carbonyl (C=O) groups excluding carboxylic acids is 4. The Kier molecular flexibility index (Phi) is 7.50. The second-order valence-corrected chi connectivity index (χ2v) is 10.6. The molecule has 2 atom stereocenters. The molecule has 2 aliphatic rings. The van der Waals surface area contributed by atoms with Gasteiger partial charge in [0, 0.05) is 17.4 Å². The molecule has 37 heavy (non-hydrogen) atoms. The SMILES string of the molecule is NC(=O)CC(NC(=O)c1c(Cl)cc(N2C(=O)N3CCCC3(Cc3ccc(Br)cc3)C2=O)cc1Cl)C(=O)O. The number of rotatable bonds is 8. The van der Waals surface area contributed by atoms with Crippen LogP contribution in [0.4, 0.5) is 10.5 Å². The van der Waals surface area contributed by atoms with E-state index in [9.17, 15) is 29.1 Å². The predicted octanol–water partition coefficient (Wildman–Crippen LogP) is 3.36. The first-order valence-electron chi connectivity index (χ1n) is 11.2. The smallest absolute Gasteiger partial charge is 0.332 e. The zero-order valence-electron chi connectivity index (χ0n) is 19.2. The van der Waals surface area contributed by atoms with Gasteiger partial charge in [-0.1, -0.05) is 51.3 Å². The van der Waals surface area contributed by atoms with E-state index < -0.39 is 47.7 Å². The van der Waals surface area contributed by atoms with E-state index in [-0.39, 0.29) is 21.3 Å². The molecule has 2 heterocycles. The van der Waals surface area contributed by atoms with Crippen LogP contribution in [0.25, 0.3) is 0 Å². The van der Waals surface area contributed by atoms with Crippen LogP contribution >= 0.6 is 39.1 Å². The van der Waals surface area contributed by atoms with Gasteiger partial charge in [-0.2, -0.15) is 0 Å². The topological polar surface area (TPSA) is 150 Å². The van der Waals surface area contributed by atoms with Crippen molar-refractivity contribution in [3.63, 3.8) is 0 Å². The number of urea groups is 1. The Balaban J connectivity index is 1.63. The van der Waals surface area contributed by atoms with Gasteiger partial charge in [0.15, 0.2) is 0 Å². The normalized spacial score (nSPS) is 19.6. The number of carboxylic acids is 1. The molecule has 2 unspecified atom stereocenters. The Morgan fingerprint density at radius 3 is 2.32 bits per heavy atom. The van der Waals surface area contributed by atoms with Gasteiger partial charge in [0.05, 0.1) is 27.7 Å². The van der Waals surface area contributed by atoms with E-state index in [1.807, 2.05) is 24.3 Å². The number of carbonyl (C=O) groups is 5. The van der Waals surface area contributed by atoms with Crippen molar-refractivity contribution in [3.8, 4) is 0 Å². The Bertz CT molecular complexity index is 1300. The number of fused-ring (bicyclic) bond motifs is 1. The molecule has 194 valence electrons. The molecule has 4 N–H and O–H groups in total. The van der Waals surface area contributed by atoms with Gasteiger partial charge < -0.3 is 21.1 Å². The summed E-state index contributed by atoms with van der Waals surface area (Å²) in [6, 6.07) is 7.90.